The van der Waals surface area contributed by atoms with Crippen LogP contribution in [0, 0.1) is 0 Å². The zero-order chi connectivity index (χ0) is 12.1. The molecule has 0 radical (unpaired) electrons. The SMILES string of the molecule is OCCCCN(CCCCO)CCCCO. The van der Waals surface area contributed by atoms with E-state index >= 15 is 0 Å². The van der Waals surface area contributed by atoms with Crippen LogP contribution >= 0.6 is 0 Å². The molecular weight excluding hydrogens is 206 g/mol. The lowest BCUT2D eigenvalue weighted by atomic mass is 10.2. The predicted molar refractivity (Wildman–Crippen MR) is 65.4 cm³/mol. The van der Waals surface area contributed by atoms with Gasteiger partial charge >= 0.3 is 0 Å². The Morgan fingerprint density at radius 1 is 0.500 bits per heavy atom. The van der Waals surface area contributed by atoms with Crippen LogP contribution in [0.2, 0.25) is 0 Å². The van der Waals surface area contributed by atoms with Gasteiger partial charge in [-0.1, -0.05) is 0 Å². The second kappa shape index (κ2) is 12.9. The first-order valence-electron chi connectivity index (χ1n) is 6.40. The molecule has 0 fully saturated rings. The molecule has 0 aromatic rings. The van der Waals surface area contributed by atoms with Gasteiger partial charge in [0.25, 0.3) is 0 Å². The molecule has 0 saturated heterocycles. The summed E-state index contributed by atoms with van der Waals surface area (Å²) in [7, 11) is 0. The summed E-state index contributed by atoms with van der Waals surface area (Å²) in [6.45, 7) is 3.83. The minimum absolute atomic E-state index is 0.265. The molecule has 0 aromatic heterocycles. The fraction of sp³-hybridized carbons (Fsp3) is 1.00. The maximum absolute atomic E-state index is 8.72. The lowest BCUT2D eigenvalue weighted by Crippen LogP contribution is -2.27. The maximum Gasteiger partial charge on any atom is 0.0431 e. The van der Waals surface area contributed by atoms with E-state index < -0.39 is 0 Å². The highest BCUT2D eigenvalue weighted by atomic mass is 16.3. The Morgan fingerprint density at radius 3 is 1.06 bits per heavy atom. The highest BCUT2D eigenvalue weighted by molar-refractivity contribution is 4.59. The molecule has 0 atom stereocenters. The van der Waals surface area contributed by atoms with Crippen LogP contribution in [-0.4, -0.2) is 59.7 Å². The Hall–Kier alpha value is -0.160. The van der Waals surface area contributed by atoms with Gasteiger partial charge in [-0.25, -0.2) is 0 Å². The largest absolute Gasteiger partial charge is 0.396 e. The van der Waals surface area contributed by atoms with Crippen molar-refractivity contribution in [1.82, 2.24) is 4.90 Å². The molecule has 4 heteroatoms. The van der Waals surface area contributed by atoms with Crippen LogP contribution in [-0.2, 0) is 0 Å². The summed E-state index contributed by atoms with van der Waals surface area (Å²) in [6, 6.07) is 0. The number of hydrogen-bond donors (Lipinski definition) is 3. The van der Waals surface area contributed by atoms with Gasteiger partial charge in [0.2, 0.25) is 0 Å². The molecule has 4 nitrogen and oxygen atoms in total. The number of rotatable bonds is 12. The van der Waals surface area contributed by atoms with E-state index in [1.807, 2.05) is 0 Å². The highest BCUT2D eigenvalue weighted by Crippen LogP contribution is 2.01. The van der Waals surface area contributed by atoms with E-state index in [1.165, 1.54) is 0 Å². The second-order valence-electron chi connectivity index (χ2n) is 4.13. The van der Waals surface area contributed by atoms with Crippen LogP contribution in [0.5, 0.6) is 0 Å². The van der Waals surface area contributed by atoms with Crippen LogP contribution in [0.4, 0.5) is 0 Å². The molecule has 0 spiro atoms. The summed E-state index contributed by atoms with van der Waals surface area (Å²) >= 11 is 0. The van der Waals surface area contributed by atoms with Crippen molar-refractivity contribution in [2.24, 2.45) is 0 Å². The van der Waals surface area contributed by atoms with E-state index in [0.29, 0.717) is 0 Å². The molecule has 16 heavy (non-hydrogen) atoms. The first kappa shape index (κ1) is 15.8. The molecular formula is C12H27NO3. The molecule has 0 aliphatic carbocycles. The highest BCUT2D eigenvalue weighted by Gasteiger charge is 2.03. The molecule has 98 valence electrons. The number of aliphatic hydroxyl groups excluding tert-OH is 3. The molecule has 0 rings (SSSR count). The number of unbranched alkanes of at least 4 members (excludes halogenated alkanes) is 3. The zero-order valence-corrected chi connectivity index (χ0v) is 10.3. The molecule has 0 bridgehead atoms. The van der Waals surface area contributed by atoms with Crippen LogP contribution in [0.1, 0.15) is 38.5 Å². The molecule has 0 unspecified atom stereocenters. The van der Waals surface area contributed by atoms with Crippen molar-refractivity contribution in [2.45, 2.75) is 38.5 Å². The number of nitrogens with zero attached hydrogens (tertiary/aromatic N) is 1. The van der Waals surface area contributed by atoms with Crippen molar-refractivity contribution in [1.29, 1.82) is 0 Å². The normalized spacial score (nSPS) is 11.2. The van der Waals surface area contributed by atoms with E-state index in [1.54, 1.807) is 0 Å². The molecule has 0 aliphatic heterocycles. The van der Waals surface area contributed by atoms with Crippen LogP contribution in [0.15, 0.2) is 0 Å². The maximum atomic E-state index is 8.72. The smallest absolute Gasteiger partial charge is 0.0431 e. The van der Waals surface area contributed by atoms with Crippen LogP contribution in [0.25, 0.3) is 0 Å². The third-order valence-corrected chi connectivity index (χ3v) is 2.65. The standard InChI is InChI=1S/C12H27NO3/c14-10-4-1-7-13(8-2-5-11-15)9-3-6-12-16/h14-16H,1-12H2. The van der Waals surface area contributed by atoms with E-state index in [2.05, 4.69) is 4.90 Å². The van der Waals surface area contributed by atoms with Gasteiger partial charge in [0, 0.05) is 19.8 Å². The minimum atomic E-state index is 0.265. The predicted octanol–water partition coefficient (Wildman–Crippen LogP) is 0.606. The Kier molecular flexibility index (Phi) is 12.8. The van der Waals surface area contributed by atoms with Gasteiger partial charge < -0.3 is 20.2 Å². The first-order valence-corrected chi connectivity index (χ1v) is 6.40. The average molecular weight is 233 g/mol. The van der Waals surface area contributed by atoms with Crippen molar-refractivity contribution in [3.63, 3.8) is 0 Å². The van der Waals surface area contributed by atoms with Crippen molar-refractivity contribution >= 4 is 0 Å². The van der Waals surface area contributed by atoms with E-state index in [9.17, 15) is 0 Å². The van der Waals surface area contributed by atoms with E-state index in [-0.39, 0.29) is 19.8 Å². The van der Waals surface area contributed by atoms with Crippen molar-refractivity contribution in [2.75, 3.05) is 39.5 Å². The quantitative estimate of drug-likeness (QED) is 0.432. The van der Waals surface area contributed by atoms with E-state index in [0.717, 1.165) is 58.2 Å². The Morgan fingerprint density at radius 2 is 0.812 bits per heavy atom. The van der Waals surface area contributed by atoms with Gasteiger partial charge in [-0.2, -0.15) is 0 Å². The molecule has 0 aromatic carbocycles. The minimum Gasteiger partial charge on any atom is -0.396 e. The average Bonchev–Trinajstić information content (AvgIpc) is 2.29. The summed E-state index contributed by atoms with van der Waals surface area (Å²) < 4.78 is 0. The van der Waals surface area contributed by atoms with Gasteiger partial charge in [-0.15, -0.1) is 0 Å². The Balaban J connectivity index is 3.58. The fourth-order valence-electron chi connectivity index (χ4n) is 1.68. The molecule has 0 aliphatic rings. The third-order valence-electron chi connectivity index (χ3n) is 2.65. The van der Waals surface area contributed by atoms with Gasteiger partial charge in [0.15, 0.2) is 0 Å². The summed E-state index contributed by atoms with van der Waals surface area (Å²) in [4.78, 5) is 2.36. The fourth-order valence-corrected chi connectivity index (χ4v) is 1.68. The van der Waals surface area contributed by atoms with Crippen molar-refractivity contribution < 1.29 is 15.3 Å². The van der Waals surface area contributed by atoms with Crippen molar-refractivity contribution in [3.8, 4) is 0 Å². The number of hydrogen-bond acceptors (Lipinski definition) is 4. The molecule has 3 N–H and O–H groups in total. The Labute approximate surface area is 98.9 Å². The lowest BCUT2D eigenvalue weighted by Gasteiger charge is -2.21. The molecule has 0 heterocycles. The van der Waals surface area contributed by atoms with Gasteiger partial charge in [-0.05, 0) is 58.2 Å². The van der Waals surface area contributed by atoms with Gasteiger partial charge in [-0.3, -0.25) is 0 Å². The second-order valence-corrected chi connectivity index (χ2v) is 4.13. The molecule has 0 saturated carbocycles. The van der Waals surface area contributed by atoms with Crippen LogP contribution in [0.3, 0.4) is 0 Å². The topological polar surface area (TPSA) is 63.9 Å². The summed E-state index contributed by atoms with van der Waals surface area (Å²) in [5.74, 6) is 0. The number of aliphatic hydroxyl groups is 3. The van der Waals surface area contributed by atoms with E-state index in [4.69, 9.17) is 15.3 Å². The first-order chi connectivity index (χ1) is 7.85. The molecule has 0 amide bonds. The zero-order valence-electron chi connectivity index (χ0n) is 10.3. The van der Waals surface area contributed by atoms with Gasteiger partial charge in [0.05, 0.1) is 0 Å². The third kappa shape index (κ3) is 10.4. The van der Waals surface area contributed by atoms with Gasteiger partial charge in [0.1, 0.15) is 0 Å². The Bertz CT molecular complexity index is 110. The summed E-state index contributed by atoms with van der Waals surface area (Å²) in [6.07, 6.45) is 5.64. The van der Waals surface area contributed by atoms with Crippen molar-refractivity contribution in [3.05, 3.63) is 0 Å². The van der Waals surface area contributed by atoms with Crippen LogP contribution < -0.4 is 0 Å². The monoisotopic (exact) mass is 233 g/mol. The lowest BCUT2D eigenvalue weighted by molar-refractivity contribution is 0.215. The summed E-state index contributed by atoms with van der Waals surface area (Å²) in [5.41, 5.74) is 0. The summed E-state index contributed by atoms with van der Waals surface area (Å²) in [5, 5.41) is 26.2.